The van der Waals surface area contributed by atoms with Gasteiger partial charge in [-0.15, -0.1) is 0 Å². The van der Waals surface area contributed by atoms with Crippen molar-refractivity contribution in [2.45, 2.75) is 0 Å². The van der Waals surface area contributed by atoms with Crippen molar-refractivity contribution in [1.82, 2.24) is 4.90 Å². The fourth-order valence-corrected chi connectivity index (χ4v) is 0.0577. The molecule has 0 bridgehead atoms. The minimum Gasteiger partial charge on any atom is -0.380 e. The molecule has 3 nitrogen and oxygen atoms in total. The molecule has 0 aromatic carbocycles. The zero-order valence-electron chi connectivity index (χ0n) is 9.38. The molecule has 0 aliphatic rings. The Kier molecular flexibility index (Phi) is 0.534. The summed E-state index contributed by atoms with van der Waals surface area (Å²) in [5, 5.41) is 8.22. The highest BCUT2D eigenvalue weighted by Crippen LogP contribution is 1.76. The first kappa shape index (κ1) is 1.45. The molecule has 0 spiro atoms. The zero-order chi connectivity index (χ0) is 10.9. The Morgan fingerprint density at radius 3 is 2.71 bits per heavy atom. The van der Waals surface area contributed by atoms with Crippen molar-refractivity contribution in [1.29, 1.82) is 0 Å². The van der Waals surface area contributed by atoms with Gasteiger partial charge in [-0.1, -0.05) is 0 Å². The van der Waals surface area contributed by atoms with E-state index in [1.54, 1.807) is 0 Å². The van der Waals surface area contributed by atoms with E-state index in [-0.39, 0.29) is 11.5 Å². The number of rotatable bonds is 1. The molecule has 0 fully saturated rings. The largest absolute Gasteiger partial charge is 0.380 e. The Hall–Kier alpha value is -0.570. The van der Waals surface area contributed by atoms with Crippen molar-refractivity contribution < 1.29 is 18.1 Å². The maximum absolute atomic E-state index is 10.7. The van der Waals surface area contributed by atoms with Gasteiger partial charge < -0.3 is 10.0 Å². The summed E-state index contributed by atoms with van der Waals surface area (Å²) in [7, 11) is 0. The Balaban J connectivity index is 4.89. The summed E-state index contributed by atoms with van der Waals surface area (Å²) >= 11 is 0. The Labute approximate surface area is 51.0 Å². The van der Waals surface area contributed by atoms with E-state index in [2.05, 4.69) is 0 Å². The minimum absolute atomic E-state index is 0.0985. The van der Waals surface area contributed by atoms with E-state index in [4.69, 9.17) is 13.3 Å². The van der Waals surface area contributed by atoms with Crippen molar-refractivity contribution in [2.75, 3.05) is 14.0 Å². The molecule has 3 heteroatoms. The predicted molar refractivity (Wildman–Crippen MR) is 24.9 cm³/mol. The molecule has 0 saturated heterocycles. The number of hydrogen-bond donors (Lipinski definition) is 1. The molecule has 0 aliphatic heterocycles. The third kappa shape index (κ3) is 2.17. The lowest BCUT2D eigenvalue weighted by Crippen LogP contribution is -2.21. The second-order valence-electron chi connectivity index (χ2n) is 0.803. The van der Waals surface area contributed by atoms with Crippen LogP contribution in [0.15, 0.2) is 0 Å². The molecular formula is C4H8NO2. The van der Waals surface area contributed by atoms with Gasteiger partial charge in [-0.05, 0) is 0 Å². The van der Waals surface area contributed by atoms with Gasteiger partial charge in [0.2, 0.25) is 0 Å². The quantitative estimate of drug-likeness (QED) is 0.497. The van der Waals surface area contributed by atoms with Crippen molar-refractivity contribution in [2.24, 2.45) is 0 Å². The fraction of sp³-hybridized carbons (Fsp3) is 0.500. The normalized spacial score (nSPS) is 24.7. The van der Waals surface area contributed by atoms with Crippen molar-refractivity contribution in [3.63, 3.8) is 0 Å². The monoisotopic (exact) mass is 108 g/mol. The van der Waals surface area contributed by atoms with E-state index in [1.807, 2.05) is 0 Å². The highest BCUT2D eigenvalue weighted by atomic mass is 16.3. The van der Waals surface area contributed by atoms with Crippen LogP contribution in [0.1, 0.15) is 8.22 Å². The molecule has 0 aromatic heterocycles. The topological polar surface area (TPSA) is 40.5 Å². The van der Waals surface area contributed by atoms with Gasteiger partial charge in [-0.25, -0.2) is 0 Å². The number of hydrogen-bond acceptors (Lipinski definition) is 2. The summed E-state index contributed by atoms with van der Waals surface area (Å²) in [4.78, 5) is 10.4. The van der Waals surface area contributed by atoms with Gasteiger partial charge in [0, 0.05) is 22.2 Å². The van der Waals surface area contributed by atoms with E-state index in [0.717, 1.165) is 0 Å². The Morgan fingerprint density at radius 1 is 2.00 bits per heavy atom. The van der Waals surface area contributed by atoms with Crippen LogP contribution in [-0.2, 0) is 4.79 Å². The van der Waals surface area contributed by atoms with E-state index >= 15 is 0 Å². The number of carbonyl (C=O) groups excluding carboxylic acids is 1. The molecule has 1 radical (unpaired) electrons. The summed E-state index contributed by atoms with van der Waals surface area (Å²) in [5.74, 6) is -1.47. The summed E-state index contributed by atoms with van der Waals surface area (Å²) in [6, 6.07) is 0. The van der Waals surface area contributed by atoms with Gasteiger partial charge in [0.05, 0.1) is 0 Å². The van der Waals surface area contributed by atoms with Crippen LogP contribution < -0.4 is 0 Å². The van der Waals surface area contributed by atoms with Gasteiger partial charge in [0.1, 0.15) is 0 Å². The van der Waals surface area contributed by atoms with E-state index in [1.165, 1.54) is 0 Å². The average molecular weight is 108 g/mol. The average Bonchev–Trinajstić information content (AvgIpc) is 1.80. The standard InChI is InChI=1S/C4H8NO2/c1-5(2)4(7)3-6/h3,6H,1-2H3/i1D3,2D3. The lowest BCUT2D eigenvalue weighted by atomic mass is 10.6. The summed E-state index contributed by atoms with van der Waals surface area (Å²) < 4.78 is 40.4. The minimum atomic E-state index is -3.10. The number of amides is 1. The van der Waals surface area contributed by atoms with Gasteiger partial charge in [-0.2, -0.15) is 0 Å². The lowest BCUT2D eigenvalue weighted by Gasteiger charge is -2.04. The second kappa shape index (κ2) is 2.58. The zero-order valence-corrected chi connectivity index (χ0v) is 3.38. The third-order valence-corrected chi connectivity index (χ3v) is 0.331. The van der Waals surface area contributed by atoms with Crippen LogP contribution in [0.4, 0.5) is 0 Å². The molecule has 0 saturated carbocycles. The van der Waals surface area contributed by atoms with Crippen molar-refractivity contribution >= 4 is 5.91 Å². The number of aliphatic hydroxyl groups is 1. The molecule has 0 unspecified atom stereocenters. The SMILES string of the molecule is [2H]C([2H])([2H])N(C(=O)[CH]O)C([2H])([2H])[2H]. The third-order valence-electron chi connectivity index (χ3n) is 0.331. The van der Waals surface area contributed by atoms with Crippen LogP contribution in [0.5, 0.6) is 0 Å². The molecular weight excluding hydrogens is 94.0 g/mol. The lowest BCUT2D eigenvalue weighted by molar-refractivity contribution is -0.127. The van der Waals surface area contributed by atoms with Gasteiger partial charge >= 0.3 is 0 Å². The van der Waals surface area contributed by atoms with E-state index < -0.39 is 19.9 Å². The summed E-state index contributed by atoms with van der Waals surface area (Å²) in [6.45, 7) is -6.29. The molecule has 0 aliphatic carbocycles. The van der Waals surface area contributed by atoms with Gasteiger partial charge in [0.25, 0.3) is 5.91 Å². The maximum atomic E-state index is 10.7. The van der Waals surface area contributed by atoms with Crippen LogP contribution in [-0.4, -0.2) is 29.9 Å². The van der Waals surface area contributed by atoms with Crippen LogP contribution in [0, 0.1) is 6.61 Å². The second-order valence-corrected chi connectivity index (χ2v) is 0.803. The molecule has 0 aromatic rings. The molecule has 1 amide bonds. The summed E-state index contributed by atoms with van der Waals surface area (Å²) in [5.41, 5.74) is 0. The Bertz CT molecular complexity index is 182. The van der Waals surface area contributed by atoms with Crippen LogP contribution >= 0.6 is 0 Å². The van der Waals surface area contributed by atoms with Crippen molar-refractivity contribution in [3.05, 3.63) is 6.61 Å². The van der Waals surface area contributed by atoms with Gasteiger partial charge in [0.15, 0.2) is 6.61 Å². The number of nitrogens with zero attached hydrogens (tertiary/aromatic N) is 1. The van der Waals surface area contributed by atoms with Crippen LogP contribution in [0.25, 0.3) is 0 Å². The predicted octanol–water partition coefficient (Wildman–Crippen LogP) is -0.391. The smallest absolute Gasteiger partial charge is 0.254 e. The molecule has 41 valence electrons. The number of likely N-dealkylation sites (N-methyl/N-ethyl adjacent to an activating group) is 1. The number of aliphatic hydroxyl groups excluding tert-OH is 1. The molecule has 0 atom stereocenters. The summed E-state index contributed by atoms with van der Waals surface area (Å²) in [6.07, 6.45) is 0. The molecule has 0 rings (SSSR count). The first-order valence-corrected chi connectivity index (χ1v) is 1.42. The fourth-order valence-electron chi connectivity index (χ4n) is 0.0577. The maximum Gasteiger partial charge on any atom is 0.254 e. The van der Waals surface area contributed by atoms with E-state index in [9.17, 15) is 4.79 Å². The number of carbonyl (C=O) groups is 1. The highest BCUT2D eigenvalue weighted by Gasteiger charge is 1.97. The van der Waals surface area contributed by atoms with Crippen LogP contribution in [0.2, 0.25) is 0 Å². The van der Waals surface area contributed by atoms with Crippen molar-refractivity contribution in [3.8, 4) is 0 Å². The van der Waals surface area contributed by atoms with Crippen LogP contribution in [0.3, 0.4) is 0 Å². The first-order chi connectivity index (χ1) is 5.60. The van der Waals surface area contributed by atoms with E-state index in [0.29, 0.717) is 0 Å². The Morgan fingerprint density at radius 2 is 2.57 bits per heavy atom. The molecule has 1 N–H and O–H groups in total. The molecule has 7 heavy (non-hydrogen) atoms. The first-order valence-electron chi connectivity index (χ1n) is 4.42. The van der Waals surface area contributed by atoms with Gasteiger partial charge in [-0.3, -0.25) is 4.79 Å². The highest BCUT2D eigenvalue weighted by molar-refractivity contribution is 5.82. The molecule has 0 heterocycles.